The second-order valence-corrected chi connectivity index (χ2v) is 9.89. The van der Waals surface area contributed by atoms with Gasteiger partial charge < -0.3 is 10.6 Å². The van der Waals surface area contributed by atoms with E-state index in [1.54, 1.807) is 0 Å². The Balaban J connectivity index is 0.00000137. The molecule has 2 aromatic carbocycles. The van der Waals surface area contributed by atoms with E-state index in [9.17, 15) is 4.79 Å². The monoisotopic (exact) mass is 552 g/mol. The molecular weight excluding hydrogens is 535 g/mol. The number of nitrogens with zero attached hydrogens (tertiary/aromatic N) is 3. The molecular formula is C22H19Cl3N6OS2. The van der Waals surface area contributed by atoms with Gasteiger partial charge in [0.25, 0.3) is 5.91 Å². The molecule has 0 saturated heterocycles. The minimum Gasteiger partial charge on any atom is -0.368 e. The second-order valence-electron chi connectivity index (χ2n) is 7.43. The van der Waals surface area contributed by atoms with Gasteiger partial charge in [0, 0.05) is 34.3 Å². The van der Waals surface area contributed by atoms with Crippen LogP contribution in [0.15, 0.2) is 46.4 Å². The zero-order valence-corrected chi connectivity index (χ0v) is 21.6. The molecule has 2 aliphatic heterocycles. The molecule has 1 amide bonds. The number of rotatable bonds is 4. The van der Waals surface area contributed by atoms with Crippen LogP contribution < -0.4 is 16.0 Å². The number of carbonyl (C=O) groups excluding carboxylic acids is 1. The van der Waals surface area contributed by atoms with Crippen LogP contribution in [0.25, 0.3) is 20.3 Å². The number of hydrogen-bond donors (Lipinski definition) is 3. The highest BCUT2D eigenvalue weighted by Gasteiger charge is 2.20. The lowest BCUT2D eigenvalue weighted by molar-refractivity contribution is 0.103. The summed E-state index contributed by atoms with van der Waals surface area (Å²) in [4.78, 5) is 27.0. The summed E-state index contributed by atoms with van der Waals surface area (Å²) in [6.07, 6.45) is 0. The number of carbonyl (C=O) groups is 1. The number of anilines is 1. The van der Waals surface area contributed by atoms with E-state index in [0.29, 0.717) is 15.0 Å². The van der Waals surface area contributed by atoms with Crippen LogP contribution in [-0.2, 0) is 0 Å². The van der Waals surface area contributed by atoms with Gasteiger partial charge in [0.15, 0.2) is 5.13 Å². The molecule has 0 bridgehead atoms. The summed E-state index contributed by atoms with van der Waals surface area (Å²) < 4.78 is 1.94. The van der Waals surface area contributed by atoms with Gasteiger partial charge in [-0.2, -0.15) is 0 Å². The molecule has 12 heteroatoms. The molecule has 0 saturated carbocycles. The van der Waals surface area contributed by atoms with E-state index in [1.807, 2.05) is 36.4 Å². The van der Waals surface area contributed by atoms with Gasteiger partial charge in [-0.25, -0.2) is 4.98 Å². The normalized spacial score (nSPS) is 14.6. The van der Waals surface area contributed by atoms with Crippen molar-refractivity contribution in [2.75, 3.05) is 31.5 Å². The molecule has 7 nitrogen and oxygen atoms in total. The molecule has 0 spiro atoms. The predicted molar refractivity (Wildman–Crippen MR) is 148 cm³/mol. The van der Waals surface area contributed by atoms with Crippen molar-refractivity contribution >= 4 is 102 Å². The van der Waals surface area contributed by atoms with Crippen LogP contribution >= 0.6 is 59.1 Å². The first-order chi connectivity index (χ1) is 15.7. The summed E-state index contributed by atoms with van der Waals surface area (Å²) >= 11 is 9.38. The van der Waals surface area contributed by atoms with Crippen molar-refractivity contribution in [3.8, 4) is 0 Å². The SMILES string of the molecule is Cl.Cl.O=C(Nc1nc2ccc(C3=NCCN3)cc2s1)c1sc2cc(C3=NCCN3)ccc2c1Cl. The number of amides is 1. The highest BCUT2D eigenvalue weighted by atomic mass is 35.5. The minimum atomic E-state index is -0.254. The molecule has 0 aliphatic carbocycles. The van der Waals surface area contributed by atoms with Crippen molar-refractivity contribution in [1.82, 2.24) is 15.6 Å². The second kappa shape index (κ2) is 10.1. The first-order valence-electron chi connectivity index (χ1n) is 10.2. The van der Waals surface area contributed by atoms with Crippen LogP contribution in [0.2, 0.25) is 5.02 Å². The minimum absolute atomic E-state index is 0. The number of aromatic nitrogens is 1. The molecule has 0 fully saturated rings. The highest BCUT2D eigenvalue weighted by molar-refractivity contribution is 7.23. The zero-order chi connectivity index (χ0) is 21.7. The smallest absolute Gasteiger partial charge is 0.269 e. The Labute approximate surface area is 220 Å². The summed E-state index contributed by atoms with van der Waals surface area (Å²) in [5.74, 6) is 1.53. The van der Waals surface area contributed by atoms with Crippen molar-refractivity contribution in [2.45, 2.75) is 0 Å². The van der Waals surface area contributed by atoms with Crippen LogP contribution in [-0.4, -0.2) is 48.7 Å². The third-order valence-electron chi connectivity index (χ3n) is 5.34. The van der Waals surface area contributed by atoms with Crippen molar-refractivity contribution in [2.24, 2.45) is 9.98 Å². The average molecular weight is 554 g/mol. The number of benzene rings is 2. The molecule has 3 N–H and O–H groups in total. The predicted octanol–water partition coefficient (Wildman–Crippen LogP) is 4.96. The number of aliphatic imine (C=N–C) groups is 2. The van der Waals surface area contributed by atoms with Gasteiger partial charge in [-0.05, 0) is 24.3 Å². The Hall–Kier alpha value is -2.43. The Bertz CT molecular complexity index is 1460. The number of hydrogen-bond acceptors (Lipinski definition) is 8. The Morgan fingerprint density at radius 1 is 0.912 bits per heavy atom. The van der Waals surface area contributed by atoms with Crippen LogP contribution in [0.4, 0.5) is 5.13 Å². The molecule has 4 aromatic rings. The standard InChI is InChI=1S/C22H17ClN6OS2.2ClH/c23-17-13-3-1-11(19-24-5-6-25-19)9-15(13)31-18(17)21(30)29-22-28-14-4-2-12(10-16(14)32-22)20-26-7-8-27-20;;/h1-4,9-10H,5-8H2,(H,24,25)(H,26,27)(H,28,29,30);2*1H. The van der Waals surface area contributed by atoms with Crippen LogP contribution in [0.1, 0.15) is 20.8 Å². The third-order valence-corrected chi connectivity index (χ3v) is 7.93. The molecule has 0 unspecified atom stereocenters. The topological polar surface area (TPSA) is 90.8 Å². The van der Waals surface area contributed by atoms with Gasteiger partial charge in [0.05, 0.1) is 28.3 Å². The number of nitrogens with one attached hydrogen (secondary N) is 3. The van der Waals surface area contributed by atoms with E-state index in [0.717, 1.165) is 69.3 Å². The van der Waals surface area contributed by atoms with Crippen LogP contribution in [0, 0.1) is 0 Å². The highest BCUT2D eigenvalue weighted by Crippen LogP contribution is 2.37. The van der Waals surface area contributed by atoms with E-state index >= 15 is 0 Å². The maximum absolute atomic E-state index is 13.0. The molecule has 4 heterocycles. The Morgan fingerprint density at radius 3 is 2.21 bits per heavy atom. The van der Waals surface area contributed by atoms with Gasteiger partial charge in [-0.3, -0.25) is 20.1 Å². The summed E-state index contributed by atoms with van der Waals surface area (Å²) in [5, 5.41) is 11.3. The van der Waals surface area contributed by atoms with E-state index in [-0.39, 0.29) is 30.7 Å². The summed E-state index contributed by atoms with van der Waals surface area (Å²) in [6, 6.07) is 11.9. The number of fused-ring (bicyclic) bond motifs is 2. The van der Waals surface area contributed by atoms with Crippen molar-refractivity contribution in [3.63, 3.8) is 0 Å². The van der Waals surface area contributed by atoms with Gasteiger partial charge in [0.1, 0.15) is 16.5 Å². The van der Waals surface area contributed by atoms with Gasteiger partial charge >= 0.3 is 0 Å². The zero-order valence-electron chi connectivity index (χ0n) is 17.6. The van der Waals surface area contributed by atoms with E-state index in [2.05, 4.69) is 30.9 Å². The molecule has 6 rings (SSSR count). The van der Waals surface area contributed by atoms with E-state index in [1.165, 1.54) is 22.7 Å². The van der Waals surface area contributed by atoms with Gasteiger partial charge in [0.2, 0.25) is 0 Å². The summed E-state index contributed by atoms with van der Waals surface area (Å²) in [6.45, 7) is 3.28. The van der Waals surface area contributed by atoms with Gasteiger partial charge in [-0.1, -0.05) is 35.1 Å². The lowest BCUT2D eigenvalue weighted by atomic mass is 10.1. The molecule has 176 valence electrons. The lowest BCUT2D eigenvalue weighted by Crippen LogP contribution is -2.19. The molecule has 0 atom stereocenters. The largest absolute Gasteiger partial charge is 0.368 e. The van der Waals surface area contributed by atoms with Crippen LogP contribution in [0.3, 0.4) is 0 Å². The molecule has 0 radical (unpaired) electrons. The Morgan fingerprint density at radius 2 is 1.56 bits per heavy atom. The first-order valence-corrected chi connectivity index (χ1v) is 12.2. The fraction of sp³-hybridized carbons (Fsp3) is 0.182. The fourth-order valence-corrected chi connectivity index (χ4v) is 6.17. The van der Waals surface area contributed by atoms with E-state index in [4.69, 9.17) is 11.6 Å². The summed E-state index contributed by atoms with van der Waals surface area (Å²) in [7, 11) is 0. The lowest BCUT2D eigenvalue weighted by Gasteiger charge is -2.01. The van der Waals surface area contributed by atoms with Crippen molar-refractivity contribution in [1.29, 1.82) is 0 Å². The quantitative estimate of drug-likeness (QED) is 0.333. The Kier molecular flexibility index (Phi) is 7.30. The van der Waals surface area contributed by atoms with Crippen molar-refractivity contribution in [3.05, 3.63) is 57.4 Å². The maximum atomic E-state index is 13.0. The first kappa shape index (κ1) is 24.7. The van der Waals surface area contributed by atoms with E-state index < -0.39 is 0 Å². The maximum Gasteiger partial charge on any atom is 0.269 e. The third kappa shape index (κ3) is 4.46. The van der Waals surface area contributed by atoms with Crippen LogP contribution in [0.5, 0.6) is 0 Å². The average Bonchev–Trinajstić information content (AvgIpc) is 3.59. The number of thiazole rings is 1. The number of halogens is 3. The van der Waals surface area contributed by atoms with Gasteiger partial charge in [-0.15, -0.1) is 36.2 Å². The fourth-order valence-electron chi connectivity index (χ4n) is 3.82. The molecule has 34 heavy (non-hydrogen) atoms. The summed E-state index contributed by atoms with van der Waals surface area (Å²) in [5.41, 5.74) is 2.87. The number of amidine groups is 2. The molecule has 2 aromatic heterocycles. The number of thiophene rings is 1. The van der Waals surface area contributed by atoms with Crippen molar-refractivity contribution < 1.29 is 4.79 Å². The molecule has 2 aliphatic rings.